The number of halogens is 1. The largest absolute Gasteiger partial charge is 0.418 e. The summed E-state index contributed by atoms with van der Waals surface area (Å²) in [5, 5.41) is 0.390. The highest BCUT2D eigenvalue weighted by atomic mass is 35.5. The molecule has 0 aliphatic rings. The molecule has 0 atom stereocenters. The van der Waals surface area contributed by atoms with Crippen LogP contribution in [0.4, 0.5) is 0 Å². The standard InChI is InChI=1S/C11H6ClN3O/c12-9-4-3-8-11(15-9)16-10(14-8)7-2-1-5-13-6-7/h1-6H. The van der Waals surface area contributed by atoms with Gasteiger partial charge >= 0.3 is 0 Å². The van der Waals surface area contributed by atoms with Crippen molar-refractivity contribution in [1.29, 1.82) is 0 Å². The van der Waals surface area contributed by atoms with Gasteiger partial charge in [0.1, 0.15) is 10.7 Å². The number of aromatic nitrogens is 3. The molecule has 0 fully saturated rings. The minimum atomic E-state index is 0.390. The van der Waals surface area contributed by atoms with Crippen molar-refractivity contribution in [2.75, 3.05) is 0 Å². The molecule has 0 N–H and O–H groups in total. The summed E-state index contributed by atoms with van der Waals surface area (Å²) in [7, 11) is 0. The number of fused-ring (bicyclic) bond motifs is 1. The first-order valence-electron chi connectivity index (χ1n) is 4.66. The van der Waals surface area contributed by atoms with Crippen LogP contribution in [0.3, 0.4) is 0 Å². The van der Waals surface area contributed by atoms with E-state index >= 15 is 0 Å². The molecule has 5 heteroatoms. The summed E-state index contributed by atoms with van der Waals surface area (Å²) in [6.07, 6.45) is 3.38. The summed E-state index contributed by atoms with van der Waals surface area (Å²) < 4.78 is 5.49. The number of oxazole rings is 1. The van der Waals surface area contributed by atoms with Crippen molar-refractivity contribution in [2.45, 2.75) is 0 Å². The van der Waals surface area contributed by atoms with Crippen LogP contribution >= 0.6 is 11.6 Å². The Kier molecular flexibility index (Phi) is 2.08. The molecule has 0 aliphatic carbocycles. The maximum Gasteiger partial charge on any atom is 0.248 e. The number of rotatable bonds is 1. The van der Waals surface area contributed by atoms with Crippen LogP contribution in [0.2, 0.25) is 5.15 Å². The second-order valence-electron chi connectivity index (χ2n) is 3.22. The highest BCUT2D eigenvalue weighted by Gasteiger charge is 2.09. The molecule has 3 aromatic heterocycles. The van der Waals surface area contributed by atoms with E-state index in [1.165, 1.54) is 0 Å². The molecule has 0 spiro atoms. The van der Waals surface area contributed by atoms with Crippen LogP contribution in [0.5, 0.6) is 0 Å². The molecule has 0 amide bonds. The fraction of sp³-hybridized carbons (Fsp3) is 0. The van der Waals surface area contributed by atoms with Crippen molar-refractivity contribution in [3.63, 3.8) is 0 Å². The van der Waals surface area contributed by atoms with Gasteiger partial charge in [-0.1, -0.05) is 11.6 Å². The van der Waals surface area contributed by atoms with Gasteiger partial charge in [-0.25, -0.2) is 4.98 Å². The van der Waals surface area contributed by atoms with Gasteiger partial charge in [0.25, 0.3) is 0 Å². The molecule has 0 saturated carbocycles. The molecule has 0 aliphatic heterocycles. The van der Waals surface area contributed by atoms with Crippen LogP contribution in [0, 0.1) is 0 Å². The molecule has 0 radical (unpaired) electrons. The SMILES string of the molecule is Clc1ccc2nc(-c3cccnc3)oc2n1. The minimum Gasteiger partial charge on any atom is -0.418 e. The van der Waals surface area contributed by atoms with Crippen molar-refractivity contribution in [3.05, 3.63) is 41.8 Å². The maximum atomic E-state index is 5.76. The third kappa shape index (κ3) is 1.53. The van der Waals surface area contributed by atoms with E-state index in [9.17, 15) is 0 Å². The molecule has 3 aromatic rings. The normalized spacial score (nSPS) is 10.8. The van der Waals surface area contributed by atoms with Gasteiger partial charge in [-0.3, -0.25) is 4.98 Å². The van der Waals surface area contributed by atoms with E-state index in [0.29, 0.717) is 22.3 Å². The lowest BCUT2D eigenvalue weighted by atomic mass is 10.3. The number of pyridine rings is 2. The average Bonchev–Trinajstić information content (AvgIpc) is 2.73. The molecular formula is C11H6ClN3O. The first-order valence-corrected chi connectivity index (χ1v) is 5.04. The molecule has 3 heterocycles. The lowest BCUT2D eigenvalue weighted by molar-refractivity contribution is 0.607. The van der Waals surface area contributed by atoms with E-state index in [2.05, 4.69) is 15.0 Å². The van der Waals surface area contributed by atoms with Crippen LogP contribution in [-0.4, -0.2) is 15.0 Å². The molecule has 0 aromatic carbocycles. The molecule has 16 heavy (non-hydrogen) atoms. The highest BCUT2D eigenvalue weighted by Crippen LogP contribution is 2.23. The summed E-state index contributed by atoms with van der Waals surface area (Å²) >= 11 is 5.76. The van der Waals surface area contributed by atoms with Crippen molar-refractivity contribution in [2.24, 2.45) is 0 Å². The Morgan fingerprint density at radius 2 is 2.06 bits per heavy atom. The van der Waals surface area contributed by atoms with Gasteiger partial charge in [0.05, 0.1) is 5.56 Å². The van der Waals surface area contributed by atoms with Crippen LogP contribution in [0.25, 0.3) is 22.7 Å². The van der Waals surface area contributed by atoms with E-state index in [-0.39, 0.29) is 0 Å². The zero-order valence-corrected chi connectivity index (χ0v) is 8.85. The Hall–Kier alpha value is -1.94. The van der Waals surface area contributed by atoms with Crippen LogP contribution in [0.1, 0.15) is 0 Å². The van der Waals surface area contributed by atoms with Gasteiger partial charge in [-0.2, -0.15) is 4.98 Å². The van der Waals surface area contributed by atoms with Gasteiger partial charge in [0, 0.05) is 12.4 Å². The lowest BCUT2D eigenvalue weighted by Gasteiger charge is -1.90. The number of nitrogens with zero attached hydrogens (tertiary/aromatic N) is 3. The molecule has 3 rings (SSSR count). The average molecular weight is 232 g/mol. The van der Waals surface area contributed by atoms with Gasteiger partial charge in [-0.05, 0) is 24.3 Å². The first kappa shape index (κ1) is 9.30. The molecule has 0 saturated heterocycles. The van der Waals surface area contributed by atoms with Crippen LogP contribution in [-0.2, 0) is 0 Å². The maximum absolute atomic E-state index is 5.76. The predicted octanol–water partition coefficient (Wildman–Crippen LogP) is 2.94. The smallest absolute Gasteiger partial charge is 0.248 e. The third-order valence-corrected chi connectivity index (χ3v) is 2.34. The molecular weight excluding hydrogens is 226 g/mol. The Bertz CT molecular complexity index is 636. The monoisotopic (exact) mass is 231 g/mol. The predicted molar refractivity (Wildman–Crippen MR) is 60.0 cm³/mol. The van der Waals surface area contributed by atoms with Crippen LogP contribution in [0.15, 0.2) is 41.1 Å². The second kappa shape index (κ2) is 3.57. The lowest BCUT2D eigenvalue weighted by Crippen LogP contribution is -1.77. The summed E-state index contributed by atoms with van der Waals surface area (Å²) in [4.78, 5) is 12.3. The minimum absolute atomic E-state index is 0.390. The zero-order valence-electron chi connectivity index (χ0n) is 8.09. The second-order valence-corrected chi connectivity index (χ2v) is 3.61. The Morgan fingerprint density at radius 1 is 1.12 bits per heavy atom. The van der Waals surface area contributed by atoms with E-state index < -0.39 is 0 Å². The summed E-state index contributed by atoms with van der Waals surface area (Å²) in [6.45, 7) is 0. The van der Waals surface area contributed by atoms with Gasteiger partial charge in [0.15, 0.2) is 0 Å². The fourth-order valence-electron chi connectivity index (χ4n) is 1.41. The number of hydrogen-bond acceptors (Lipinski definition) is 4. The quantitative estimate of drug-likeness (QED) is 0.604. The molecule has 4 nitrogen and oxygen atoms in total. The van der Waals surface area contributed by atoms with Crippen LogP contribution < -0.4 is 0 Å². The summed E-state index contributed by atoms with van der Waals surface area (Å²) in [6, 6.07) is 7.15. The highest BCUT2D eigenvalue weighted by molar-refractivity contribution is 6.29. The third-order valence-electron chi connectivity index (χ3n) is 2.13. The molecule has 78 valence electrons. The summed E-state index contributed by atoms with van der Waals surface area (Å²) in [5.74, 6) is 0.498. The zero-order chi connectivity index (χ0) is 11.0. The first-order chi connectivity index (χ1) is 7.83. The van der Waals surface area contributed by atoms with Crippen molar-refractivity contribution >= 4 is 22.8 Å². The summed E-state index contributed by atoms with van der Waals surface area (Å²) in [5.41, 5.74) is 1.94. The Morgan fingerprint density at radius 3 is 2.88 bits per heavy atom. The topological polar surface area (TPSA) is 51.8 Å². The molecule has 0 unspecified atom stereocenters. The van der Waals surface area contributed by atoms with Crippen molar-refractivity contribution in [3.8, 4) is 11.5 Å². The van der Waals surface area contributed by atoms with E-state index in [1.807, 2.05) is 12.1 Å². The number of hydrogen-bond donors (Lipinski definition) is 0. The van der Waals surface area contributed by atoms with Gasteiger partial charge in [0.2, 0.25) is 11.6 Å². The Balaban J connectivity index is 2.19. The molecule has 0 bridgehead atoms. The van der Waals surface area contributed by atoms with E-state index in [4.69, 9.17) is 16.0 Å². The van der Waals surface area contributed by atoms with E-state index in [1.54, 1.807) is 24.5 Å². The van der Waals surface area contributed by atoms with E-state index in [0.717, 1.165) is 5.56 Å². The van der Waals surface area contributed by atoms with Crippen molar-refractivity contribution in [1.82, 2.24) is 15.0 Å². The Labute approximate surface area is 95.9 Å². The fourth-order valence-corrected chi connectivity index (χ4v) is 1.55. The van der Waals surface area contributed by atoms with Gasteiger partial charge < -0.3 is 4.42 Å². The van der Waals surface area contributed by atoms with Crippen molar-refractivity contribution < 1.29 is 4.42 Å². The van der Waals surface area contributed by atoms with Gasteiger partial charge in [-0.15, -0.1) is 0 Å².